The number of pyridine rings is 1. The molecule has 0 N–H and O–H groups in total. The molecule has 0 spiro atoms. The van der Waals surface area contributed by atoms with E-state index in [4.69, 9.17) is 14.2 Å². The Hall–Kier alpha value is -3.33. The minimum atomic E-state index is 0.124. The van der Waals surface area contributed by atoms with Crippen molar-refractivity contribution in [2.45, 2.75) is 26.5 Å². The number of methoxy groups -OCH3 is 1. The number of aldehydes is 1. The van der Waals surface area contributed by atoms with E-state index in [0.717, 1.165) is 5.69 Å². The smallest absolute Gasteiger partial charge is 0.214 e. The van der Waals surface area contributed by atoms with Crippen molar-refractivity contribution in [3.63, 3.8) is 0 Å². The van der Waals surface area contributed by atoms with Crippen LogP contribution in [-0.2, 0) is 11.3 Å². The molecule has 3 heterocycles. The van der Waals surface area contributed by atoms with Gasteiger partial charge in [-0.2, -0.15) is 5.10 Å². The van der Waals surface area contributed by atoms with Gasteiger partial charge in [-0.1, -0.05) is 0 Å². The summed E-state index contributed by atoms with van der Waals surface area (Å²) in [5.74, 6) is 0.672. The predicted octanol–water partition coefficient (Wildman–Crippen LogP) is 2.73. The quantitative estimate of drug-likeness (QED) is 0.380. The lowest BCUT2D eigenvalue weighted by molar-refractivity contribution is 0.111. The van der Waals surface area contributed by atoms with Crippen molar-refractivity contribution >= 4 is 6.29 Å². The Morgan fingerprint density at radius 1 is 1.10 bits per heavy atom. The fourth-order valence-electron chi connectivity index (χ4n) is 2.71. The lowest BCUT2D eigenvalue weighted by atomic mass is 10.2. The van der Waals surface area contributed by atoms with Gasteiger partial charge in [0.05, 0.1) is 24.1 Å². The van der Waals surface area contributed by atoms with Crippen LogP contribution in [0, 0.1) is 0 Å². The standard InChI is InChI=1S/C20H23N5O4/c1-14(2)25-17(4-5-24-25)20-16(21-6-7-22-20)13-29-18-11-23-19(10-15(18)12-26)28-9-8-27-3/h4-7,10-12,14H,8-9,13H2,1-3H3. The van der Waals surface area contributed by atoms with Crippen molar-refractivity contribution in [3.8, 4) is 23.0 Å². The van der Waals surface area contributed by atoms with Gasteiger partial charge in [0.1, 0.15) is 30.4 Å². The van der Waals surface area contributed by atoms with Crippen molar-refractivity contribution in [3.05, 3.63) is 48.2 Å². The SMILES string of the molecule is COCCOc1cc(C=O)c(OCc2nccnc2-c2ccnn2C(C)C)cn1. The van der Waals surface area contributed by atoms with Gasteiger partial charge in [-0.05, 0) is 19.9 Å². The highest BCUT2D eigenvalue weighted by Gasteiger charge is 2.16. The molecule has 3 aromatic heterocycles. The molecule has 0 aromatic carbocycles. The average Bonchev–Trinajstić information content (AvgIpc) is 3.23. The molecule has 0 atom stereocenters. The van der Waals surface area contributed by atoms with Crippen LogP contribution in [0.5, 0.6) is 11.6 Å². The maximum atomic E-state index is 11.5. The monoisotopic (exact) mass is 397 g/mol. The van der Waals surface area contributed by atoms with Gasteiger partial charge in [-0.25, -0.2) is 4.98 Å². The highest BCUT2D eigenvalue weighted by Crippen LogP contribution is 2.25. The first-order chi connectivity index (χ1) is 14.1. The molecule has 9 nitrogen and oxygen atoms in total. The summed E-state index contributed by atoms with van der Waals surface area (Å²) in [5, 5.41) is 4.35. The van der Waals surface area contributed by atoms with Crippen LogP contribution in [0.2, 0.25) is 0 Å². The summed E-state index contributed by atoms with van der Waals surface area (Å²) < 4.78 is 18.1. The second-order valence-corrected chi connectivity index (χ2v) is 6.41. The van der Waals surface area contributed by atoms with Gasteiger partial charge in [0.15, 0.2) is 6.29 Å². The topological polar surface area (TPSA) is 101 Å². The van der Waals surface area contributed by atoms with Crippen molar-refractivity contribution < 1.29 is 19.0 Å². The van der Waals surface area contributed by atoms with E-state index in [2.05, 4.69) is 20.1 Å². The van der Waals surface area contributed by atoms with Gasteiger partial charge < -0.3 is 14.2 Å². The van der Waals surface area contributed by atoms with Crippen molar-refractivity contribution in [2.24, 2.45) is 0 Å². The first-order valence-corrected chi connectivity index (χ1v) is 9.17. The number of aromatic nitrogens is 5. The summed E-state index contributed by atoms with van der Waals surface area (Å²) in [4.78, 5) is 24.5. The maximum Gasteiger partial charge on any atom is 0.214 e. The van der Waals surface area contributed by atoms with E-state index >= 15 is 0 Å². The Morgan fingerprint density at radius 2 is 1.93 bits per heavy atom. The lowest BCUT2D eigenvalue weighted by Crippen LogP contribution is -2.09. The zero-order valence-corrected chi connectivity index (χ0v) is 16.6. The Labute approximate surface area is 168 Å². The molecule has 3 rings (SSSR count). The molecule has 152 valence electrons. The van der Waals surface area contributed by atoms with Crippen LogP contribution < -0.4 is 9.47 Å². The first-order valence-electron chi connectivity index (χ1n) is 9.17. The number of carbonyl (C=O) groups is 1. The van der Waals surface area contributed by atoms with Crippen LogP contribution in [0.25, 0.3) is 11.4 Å². The van der Waals surface area contributed by atoms with Crippen LogP contribution in [-0.4, -0.2) is 51.3 Å². The van der Waals surface area contributed by atoms with E-state index in [1.54, 1.807) is 25.7 Å². The summed E-state index contributed by atoms with van der Waals surface area (Å²) in [6, 6.07) is 3.59. The van der Waals surface area contributed by atoms with Crippen molar-refractivity contribution in [1.82, 2.24) is 24.7 Å². The number of ether oxygens (including phenoxy) is 3. The molecule has 0 bridgehead atoms. The zero-order valence-electron chi connectivity index (χ0n) is 16.6. The highest BCUT2D eigenvalue weighted by atomic mass is 16.5. The van der Waals surface area contributed by atoms with E-state index in [0.29, 0.717) is 48.1 Å². The molecular weight excluding hydrogens is 374 g/mol. The van der Waals surface area contributed by atoms with Gasteiger partial charge in [-0.15, -0.1) is 0 Å². The Bertz CT molecular complexity index is 958. The molecular formula is C20H23N5O4. The summed E-state index contributed by atoms with van der Waals surface area (Å²) in [5.41, 5.74) is 2.50. The molecule has 0 aliphatic carbocycles. The minimum absolute atomic E-state index is 0.124. The van der Waals surface area contributed by atoms with Crippen LogP contribution in [0.3, 0.4) is 0 Å². The van der Waals surface area contributed by atoms with Crippen LogP contribution >= 0.6 is 0 Å². The van der Waals surface area contributed by atoms with Gasteiger partial charge in [0.25, 0.3) is 0 Å². The first kappa shape index (κ1) is 20.4. The number of rotatable bonds is 10. The molecule has 0 amide bonds. The van der Waals surface area contributed by atoms with Crippen molar-refractivity contribution in [2.75, 3.05) is 20.3 Å². The minimum Gasteiger partial charge on any atom is -0.485 e. The second kappa shape index (κ2) is 9.74. The van der Waals surface area contributed by atoms with E-state index in [9.17, 15) is 4.79 Å². The summed E-state index contributed by atoms with van der Waals surface area (Å²) in [6.45, 7) is 4.98. The molecule has 0 aliphatic rings. The lowest BCUT2D eigenvalue weighted by Gasteiger charge is -2.14. The number of hydrogen-bond donors (Lipinski definition) is 0. The maximum absolute atomic E-state index is 11.5. The number of carbonyl (C=O) groups excluding carboxylic acids is 1. The van der Waals surface area contributed by atoms with Crippen LogP contribution in [0.1, 0.15) is 35.9 Å². The molecule has 0 saturated carbocycles. The number of hydrogen-bond acceptors (Lipinski definition) is 8. The largest absolute Gasteiger partial charge is 0.485 e. The van der Waals surface area contributed by atoms with Gasteiger partial charge >= 0.3 is 0 Å². The number of nitrogens with zero attached hydrogens (tertiary/aromatic N) is 5. The fraction of sp³-hybridized carbons (Fsp3) is 0.350. The zero-order chi connectivity index (χ0) is 20.6. The van der Waals surface area contributed by atoms with Crippen LogP contribution in [0.15, 0.2) is 36.9 Å². The molecule has 9 heteroatoms. The molecule has 0 radical (unpaired) electrons. The van der Waals surface area contributed by atoms with Crippen LogP contribution in [0.4, 0.5) is 0 Å². The average molecular weight is 397 g/mol. The normalized spacial score (nSPS) is 10.9. The van der Waals surface area contributed by atoms with Gasteiger partial charge in [0, 0.05) is 37.8 Å². The molecule has 0 aliphatic heterocycles. The Morgan fingerprint density at radius 3 is 2.69 bits per heavy atom. The summed E-state index contributed by atoms with van der Waals surface area (Å²) in [6.07, 6.45) is 7.11. The third-order valence-corrected chi connectivity index (χ3v) is 4.08. The summed E-state index contributed by atoms with van der Waals surface area (Å²) >= 11 is 0. The van der Waals surface area contributed by atoms with E-state index in [1.807, 2.05) is 24.6 Å². The summed E-state index contributed by atoms with van der Waals surface area (Å²) in [7, 11) is 1.58. The Balaban J connectivity index is 1.78. The van der Waals surface area contributed by atoms with E-state index < -0.39 is 0 Å². The Kier molecular flexibility index (Phi) is 6.85. The van der Waals surface area contributed by atoms with Gasteiger partial charge in [-0.3, -0.25) is 19.4 Å². The van der Waals surface area contributed by atoms with E-state index in [-0.39, 0.29) is 12.6 Å². The predicted molar refractivity (Wildman–Crippen MR) is 105 cm³/mol. The molecule has 3 aromatic rings. The molecule has 0 fully saturated rings. The third-order valence-electron chi connectivity index (χ3n) is 4.08. The molecule has 0 saturated heterocycles. The van der Waals surface area contributed by atoms with Crippen molar-refractivity contribution in [1.29, 1.82) is 0 Å². The fourth-order valence-corrected chi connectivity index (χ4v) is 2.71. The molecule has 29 heavy (non-hydrogen) atoms. The highest BCUT2D eigenvalue weighted by molar-refractivity contribution is 5.79. The van der Waals surface area contributed by atoms with E-state index in [1.165, 1.54) is 12.3 Å². The van der Waals surface area contributed by atoms with Gasteiger partial charge in [0.2, 0.25) is 5.88 Å². The molecule has 0 unspecified atom stereocenters. The second-order valence-electron chi connectivity index (χ2n) is 6.41. The third kappa shape index (κ3) is 4.94.